The van der Waals surface area contributed by atoms with Gasteiger partial charge in [0.25, 0.3) is 0 Å². The number of ether oxygens (including phenoxy) is 2. The van der Waals surface area contributed by atoms with Crippen molar-refractivity contribution in [1.82, 2.24) is 15.5 Å². The van der Waals surface area contributed by atoms with Crippen LogP contribution in [0.2, 0.25) is 0 Å². The van der Waals surface area contributed by atoms with E-state index in [9.17, 15) is 0 Å². The van der Waals surface area contributed by atoms with Crippen molar-refractivity contribution in [2.24, 2.45) is 16.8 Å². The number of nitrogens with one attached hydrogen (secondary N) is 2. The Balaban J connectivity index is 0.00000261. The van der Waals surface area contributed by atoms with Crippen LogP contribution in [0.1, 0.15) is 45.4 Å². The van der Waals surface area contributed by atoms with Gasteiger partial charge in [0.1, 0.15) is 0 Å². The van der Waals surface area contributed by atoms with Crippen molar-refractivity contribution in [3.8, 4) is 0 Å². The van der Waals surface area contributed by atoms with E-state index in [1.54, 1.807) is 0 Å². The molecule has 1 saturated heterocycles. The first-order valence-corrected chi connectivity index (χ1v) is 10.8. The molecule has 0 radical (unpaired) electrons. The van der Waals surface area contributed by atoms with Crippen LogP contribution in [0, 0.1) is 11.8 Å². The quantitative estimate of drug-likeness (QED) is 0.178. The van der Waals surface area contributed by atoms with E-state index in [1.165, 1.54) is 32.2 Å². The summed E-state index contributed by atoms with van der Waals surface area (Å²) in [5.41, 5.74) is 0. The lowest BCUT2D eigenvalue weighted by molar-refractivity contribution is 0.0893. The maximum Gasteiger partial charge on any atom is 0.191 e. The lowest BCUT2D eigenvalue weighted by Gasteiger charge is -2.22. The van der Waals surface area contributed by atoms with Crippen LogP contribution in [-0.4, -0.2) is 76.1 Å². The van der Waals surface area contributed by atoms with E-state index in [1.807, 2.05) is 0 Å². The first kappa shape index (κ1) is 23.2. The second-order valence-electron chi connectivity index (χ2n) is 8.02. The number of guanidine groups is 1. The lowest BCUT2D eigenvalue weighted by Crippen LogP contribution is -2.42. The summed E-state index contributed by atoms with van der Waals surface area (Å²) in [5.74, 6) is 2.52. The van der Waals surface area contributed by atoms with Crippen LogP contribution in [0.4, 0.5) is 0 Å². The average molecular weight is 494 g/mol. The highest BCUT2D eigenvalue weighted by Crippen LogP contribution is 2.34. The minimum atomic E-state index is 0. The minimum absolute atomic E-state index is 0. The van der Waals surface area contributed by atoms with Crippen molar-refractivity contribution in [2.75, 3.05) is 59.2 Å². The second-order valence-corrected chi connectivity index (χ2v) is 8.02. The molecular weight excluding hydrogens is 455 g/mol. The van der Waals surface area contributed by atoms with Crippen molar-refractivity contribution < 1.29 is 9.47 Å². The fourth-order valence-corrected chi connectivity index (χ4v) is 3.48. The fraction of sp³-hybridized carbons (Fsp3) is 0.950. The van der Waals surface area contributed by atoms with Crippen LogP contribution in [-0.2, 0) is 9.47 Å². The summed E-state index contributed by atoms with van der Waals surface area (Å²) in [5, 5.41) is 6.86. The first-order chi connectivity index (χ1) is 12.8. The Labute approximate surface area is 182 Å². The maximum atomic E-state index is 5.75. The molecule has 1 atom stereocenters. The smallest absolute Gasteiger partial charge is 0.191 e. The Kier molecular flexibility index (Phi) is 11.3. The van der Waals surface area contributed by atoms with Crippen LogP contribution < -0.4 is 10.6 Å². The van der Waals surface area contributed by atoms with Gasteiger partial charge in [-0.05, 0) is 51.4 Å². The third-order valence-electron chi connectivity index (χ3n) is 5.38. The summed E-state index contributed by atoms with van der Waals surface area (Å²) in [6.07, 6.45) is 7.79. The summed E-state index contributed by atoms with van der Waals surface area (Å²) >= 11 is 0. The molecule has 3 rings (SSSR count). The maximum absolute atomic E-state index is 5.75. The van der Waals surface area contributed by atoms with Gasteiger partial charge in [-0.25, -0.2) is 0 Å². The molecular formula is C20H39IN4O2. The van der Waals surface area contributed by atoms with Crippen LogP contribution in [0.5, 0.6) is 0 Å². The Morgan fingerprint density at radius 2 is 2.00 bits per heavy atom. The van der Waals surface area contributed by atoms with Crippen molar-refractivity contribution >= 4 is 29.9 Å². The summed E-state index contributed by atoms with van der Waals surface area (Å²) in [6, 6.07) is 0.860. The van der Waals surface area contributed by atoms with Crippen LogP contribution >= 0.6 is 24.0 Å². The predicted molar refractivity (Wildman–Crippen MR) is 121 cm³/mol. The van der Waals surface area contributed by atoms with Crippen LogP contribution in [0.15, 0.2) is 4.99 Å². The van der Waals surface area contributed by atoms with E-state index in [-0.39, 0.29) is 24.0 Å². The molecule has 3 fully saturated rings. The van der Waals surface area contributed by atoms with E-state index in [4.69, 9.17) is 9.47 Å². The number of rotatable bonds is 13. The molecule has 2 N–H and O–H groups in total. The third-order valence-corrected chi connectivity index (χ3v) is 5.38. The molecule has 6 nitrogen and oxygen atoms in total. The Morgan fingerprint density at radius 3 is 2.67 bits per heavy atom. The van der Waals surface area contributed by atoms with Crippen molar-refractivity contribution in [1.29, 1.82) is 0 Å². The Bertz CT molecular complexity index is 424. The van der Waals surface area contributed by atoms with Crippen molar-refractivity contribution in [2.45, 2.75) is 51.5 Å². The molecule has 0 bridgehead atoms. The van der Waals surface area contributed by atoms with E-state index in [0.717, 1.165) is 83.4 Å². The standard InChI is InChI=1S/C20H38N4O2.HI/c1-2-21-20(22-9-3-12-25-15-18-8-13-26-16-18)23-10-11-24(19-6-7-19)14-17-4-5-17;/h17-19H,2-16H2,1H3,(H2,21,22,23);1H. The molecule has 0 aromatic carbocycles. The molecule has 1 heterocycles. The van der Waals surface area contributed by atoms with Crippen LogP contribution in [0.3, 0.4) is 0 Å². The predicted octanol–water partition coefficient (Wildman–Crippen LogP) is 2.48. The molecule has 0 amide bonds. The largest absolute Gasteiger partial charge is 0.381 e. The summed E-state index contributed by atoms with van der Waals surface area (Å²) in [4.78, 5) is 7.37. The molecule has 0 aromatic rings. The number of aliphatic imine (C=N–C) groups is 1. The van der Waals surface area contributed by atoms with Crippen molar-refractivity contribution in [3.63, 3.8) is 0 Å². The van der Waals surface area contributed by atoms with Gasteiger partial charge < -0.3 is 20.1 Å². The van der Waals surface area contributed by atoms with Gasteiger partial charge in [0.15, 0.2) is 5.96 Å². The van der Waals surface area contributed by atoms with E-state index in [0.29, 0.717) is 5.92 Å². The van der Waals surface area contributed by atoms with Gasteiger partial charge in [-0.1, -0.05) is 0 Å². The molecule has 2 saturated carbocycles. The fourth-order valence-electron chi connectivity index (χ4n) is 3.48. The van der Waals surface area contributed by atoms with E-state index in [2.05, 4.69) is 27.4 Å². The first-order valence-electron chi connectivity index (χ1n) is 10.8. The highest BCUT2D eigenvalue weighted by molar-refractivity contribution is 14.0. The van der Waals surface area contributed by atoms with Gasteiger partial charge in [-0.15, -0.1) is 24.0 Å². The van der Waals surface area contributed by atoms with Gasteiger partial charge in [-0.3, -0.25) is 9.89 Å². The Morgan fingerprint density at radius 1 is 1.15 bits per heavy atom. The second kappa shape index (κ2) is 13.2. The molecule has 0 spiro atoms. The van der Waals surface area contributed by atoms with E-state index >= 15 is 0 Å². The zero-order chi connectivity index (χ0) is 18.0. The average Bonchev–Trinajstić information content (AvgIpc) is 3.57. The molecule has 158 valence electrons. The molecule has 27 heavy (non-hydrogen) atoms. The molecule has 7 heteroatoms. The van der Waals surface area contributed by atoms with Gasteiger partial charge in [-0.2, -0.15) is 0 Å². The molecule has 2 aliphatic carbocycles. The summed E-state index contributed by atoms with van der Waals surface area (Å²) < 4.78 is 11.1. The van der Waals surface area contributed by atoms with Gasteiger partial charge in [0.05, 0.1) is 13.2 Å². The zero-order valence-electron chi connectivity index (χ0n) is 17.0. The van der Waals surface area contributed by atoms with Crippen molar-refractivity contribution in [3.05, 3.63) is 0 Å². The monoisotopic (exact) mass is 494 g/mol. The summed E-state index contributed by atoms with van der Waals surface area (Å²) in [7, 11) is 0. The normalized spacial score (nSPS) is 22.7. The molecule has 1 unspecified atom stereocenters. The highest BCUT2D eigenvalue weighted by atomic mass is 127. The Hall–Kier alpha value is -0.120. The van der Waals surface area contributed by atoms with E-state index < -0.39 is 0 Å². The molecule has 3 aliphatic rings. The summed E-state index contributed by atoms with van der Waals surface area (Å²) in [6.45, 7) is 10.6. The van der Waals surface area contributed by atoms with Gasteiger partial charge in [0.2, 0.25) is 0 Å². The number of nitrogens with zero attached hydrogens (tertiary/aromatic N) is 2. The topological polar surface area (TPSA) is 58.1 Å². The number of hydrogen-bond donors (Lipinski definition) is 2. The minimum Gasteiger partial charge on any atom is -0.381 e. The third kappa shape index (κ3) is 9.76. The number of halogens is 1. The lowest BCUT2D eigenvalue weighted by atomic mass is 10.1. The van der Waals surface area contributed by atoms with Gasteiger partial charge in [0, 0.05) is 57.9 Å². The zero-order valence-corrected chi connectivity index (χ0v) is 19.3. The molecule has 0 aromatic heterocycles. The van der Waals surface area contributed by atoms with Gasteiger partial charge >= 0.3 is 0 Å². The SMILES string of the molecule is CCNC(=NCCCOCC1CCOC1)NCCN(CC1CC1)C1CC1.I. The highest BCUT2D eigenvalue weighted by Gasteiger charge is 2.33. The number of hydrogen-bond acceptors (Lipinski definition) is 4. The molecule has 1 aliphatic heterocycles. The van der Waals surface area contributed by atoms with Crippen LogP contribution in [0.25, 0.3) is 0 Å².